The molecule has 1 heterocycles. The number of Topliss-reactive ketones (excluding diaryl/α,β-unsaturated/α-hetero) is 1. The Morgan fingerprint density at radius 3 is 2.39 bits per heavy atom. The molecular formula is C21H16BrCl2NO3. The standard InChI is InChI=1S/C21H16BrCl2NO3/c1-12-9-16(13(2)25(12)14-7-8-18(23)19(24)10-14)20(26)11-28-21(27)15-5-3-4-6-17(15)22/h3-10H,11H2,1-2H3. The molecule has 0 spiro atoms. The second-order valence-corrected chi connectivity index (χ2v) is 7.87. The minimum absolute atomic E-state index is 0.278. The summed E-state index contributed by atoms with van der Waals surface area (Å²) in [5.74, 6) is -0.834. The Morgan fingerprint density at radius 2 is 1.71 bits per heavy atom. The van der Waals surface area contributed by atoms with Crippen molar-refractivity contribution in [3.8, 4) is 5.69 Å². The van der Waals surface area contributed by atoms with Crippen LogP contribution in [-0.4, -0.2) is 22.9 Å². The summed E-state index contributed by atoms with van der Waals surface area (Å²) in [5.41, 5.74) is 3.25. The van der Waals surface area contributed by atoms with Crippen LogP contribution in [0.5, 0.6) is 0 Å². The van der Waals surface area contributed by atoms with E-state index < -0.39 is 5.97 Å². The van der Waals surface area contributed by atoms with Gasteiger partial charge in [-0.25, -0.2) is 4.79 Å². The molecule has 3 rings (SSSR count). The maximum absolute atomic E-state index is 12.7. The van der Waals surface area contributed by atoms with Gasteiger partial charge in [-0.2, -0.15) is 0 Å². The van der Waals surface area contributed by atoms with Crippen LogP contribution in [0.2, 0.25) is 10.0 Å². The van der Waals surface area contributed by atoms with Crippen molar-refractivity contribution in [2.24, 2.45) is 0 Å². The van der Waals surface area contributed by atoms with Gasteiger partial charge in [0, 0.05) is 27.1 Å². The molecule has 0 saturated heterocycles. The summed E-state index contributed by atoms with van der Waals surface area (Å²) in [6.45, 7) is 3.38. The number of ketones is 1. The zero-order chi connectivity index (χ0) is 20.4. The molecule has 4 nitrogen and oxygen atoms in total. The first-order chi connectivity index (χ1) is 13.3. The largest absolute Gasteiger partial charge is 0.454 e. The number of hydrogen-bond donors (Lipinski definition) is 0. The average Bonchev–Trinajstić information content (AvgIpc) is 2.96. The molecule has 0 aliphatic rings. The molecule has 0 aliphatic carbocycles. The van der Waals surface area contributed by atoms with Crippen LogP contribution >= 0.6 is 39.1 Å². The van der Waals surface area contributed by atoms with E-state index in [1.807, 2.05) is 24.5 Å². The van der Waals surface area contributed by atoms with Crippen molar-refractivity contribution in [1.29, 1.82) is 0 Å². The fourth-order valence-corrected chi connectivity index (χ4v) is 3.72. The van der Waals surface area contributed by atoms with Gasteiger partial charge in [0.15, 0.2) is 6.61 Å². The highest BCUT2D eigenvalue weighted by Crippen LogP contribution is 2.28. The van der Waals surface area contributed by atoms with Crippen molar-refractivity contribution in [3.05, 3.63) is 85.6 Å². The molecule has 0 aliphatic heterocycles. The Bertz CT molecular complexity index is 1080. The number of aromatic nitrogens is 1. The maximum atomic E-state index is 12.7. The van der Waals surface area contributed by atoms with Crippen molar-refractivity contribution in [1.82, 2.24) is 4.57 Å². The molecule has 7 heteroatoms. The minimum Gasteiger partial charge on any atom is -0.454 e. The molecule has 0 radical (unpaired) electrons. The van der Waals surface area contributed by atoms with Crippen LogP contribution in [-0.2, 0) is 4.74 Å². The predicted octanol–water partition coefficient (Wildman–Crippen LogP) is 6.20. The molecule has 0 N–H and O–H groups in total. The van der Waals surface area contributed by atoms with E-state index in [0.717, 1.165) is 17.1 Å². The van der Waals surface area contributed by atoms with Crippen LogP contribution in [0.25, 0.3) is 5.69 Å². The number of hydrogen-bond acceptors (Lipinski definition) is 3. The highest BCUT2D eigenvalue weighted by atomic mass is 79.9. The van der Waals surface area contributed by atoms with Crippen LogP contribution in [0.3, 0.4) is 0 Å². The summed E-state index contributed by atoms with van der Waals surface area (Å²) >= 11 is 15.4. The van der Waals surface area contributed by atoms with Gasteiger partial charge in [-0.1, -0.05) is 35.3 Å². The highest BCUT2D eigenvalue weighted by Gasteiger charge is 2.19. The lowest BCUT2D eigenvalue weighted by Gasteiger charge is -2.11. The fraction of sp³-hybridized carbons (Fsp3) is 0.143. The molecule has 0 bridgehead atoms. The van der Waals surface area contributed by atoms with Gasteiger partial charge >= 0.3 is 5.97 Å². The summed E-state index contributed by atoms with van der Waals surface area (Å²) in [4.78, 5) is 24.9. The van der Waals surface area contributed by atoms with Gasteiger partial charge in [0.1, 0.15) is 0 Å². The van der Waals surface area contributed by atoms with E-state index >= 15 is 0 Å². The topological polar surface area (TPSA) is 48.3 Å². The summed E-state index contributed by atoms with van der Waals surface area (Å²) < 4.78 is 7.73. The van der Waals surface area contributed by atoms with E-state index in [0.29, 0.717) is 25.6 Å². The first-order valence-electron chi connectivity index (χ1n) is 8.39. The number of nitrogens with zero attached hydrogens (tertiary/aromatic N) is 1. The van der Waals surface area contributed by atoms with Gasteiger partial charge < -0.3 is 9.30 Å². The third kappa shape index (κ3) is 4.17. The van der Waals surface area contributed by atoms with Gasteiger partial charge in [-0.05, 0) is 66.2 Å². The zero-order valence-electron chi connectivity index (χ0n) is 15.1. The number of carbonyl (C=O) groups is 2. The van der Waals surface area contributed by atoms with Gasteiger partial charge in [0.05, 0.1) is 15.6 Å². The Labute approximate surface area is 181 Å². The Kier molecular flexibility index (Phi) is 6.28. The van der Waals surface area contributed by atoms with Crippen LogP contribution in [0.1, 0.15) is 32.1 Å². The molecule has 2 aromatic carbocycles. The van der Waals surface area contributed by atoms with E-state index in [1.165, 1.54) is 0 Å². The van der Waals surface area contributed by atoms with Crippen molar-refractivity contribution in [2.75, 3.05) is 6.61 Å². The molecule has 1 aromatic heterocycles. The van der Waals surface area contributed by atoms with Crippen LogP contribution in [0.4, 0.5) is 0 Å². The van der Waals surface area contributed by atoms with Crippen molar-refractivity contribution < 1.29 is 14.3 Å². The smallest absolute Gasteiger partial charge is 0.339 e. The molecule has 0 unspecified atom stereocenters. The first-order valence-corrected chi connectivity index (χ1v) is 9.93. The molecule has 0 fully saturated rings. The van der Waals surface area contributed by atoms with E-state index in [2.05, 4.69) is 15.9 Å². The van der Waals surface area contributed by atoms with Crippen LogP contribution in [0, 0.1) is 13.8 Å². The first kappa shape index (κ1) is 20.6. The highest BCUT2D eigenvalue weighted by molar-refractivity contribution is 9.10. The molecule has 0 amide bonds. The lowest BCUT2D eigenvalue weighted by molar-refractivity contribution is 0.0473. The predicted molar refractivity (Wildman–Crippen MR) is 114 cm³/mol. The SMILES string of the molecule is Cc1cc(C(=O)COC(=O)c2ccccc2Br)c(C)n1-c1ccc(Cl)c(Cl)c1. The normalized spacial score (nSPS) is 10.8. The number of halogens is 3. The molecule has 0 saturated carbocycles. The third-order valence-corrected chi connectivity index (χ3v) is 5.75. The van der Waals surface area contributed by atoms with Crippen molar-refractivity contribution in [2.45, 2.75) is 13.8 Å². The lowest BCUT2D eigenvalue weighted by Crippen LogP contribution is -2.15. The quantitative estimate of drug-likeness (QED) is 0.322. The molecule has 144 valence electrons. The second-order valence-electron chi connectivity index (χ2n) is 6.20. The van der Waals surface area contributed by atoms with Crippen LogP contribution < -0.4 is 0 Å². The average molecular weight is 481 g/mol. The molecule has 28 heavy (non-hydrogen) atoms. The second kappa shape index (κ2) is 8.52. The number of rotatable bonds is 5. The van der Waals surface area contributed by atoms with Gasteiger partial charge in [0.25, 0.3) is 0 Å². The molecular weight excluding hydrogens is 465 g/mol. The van der Waals surface area contributed by atoms with Gasteiger partial charge in [-0.3, -0.25) is 4.79 Å². The summed E-state index contributed by atoms with van der Waals surface area (Å²) in [6, 6.07) is 13.9. The number of esters is 1. The monoisotopic (exact) mass is 479 g/mol. The van der Waals surface area contributed by atoms with E-state index in [4.69, 9.17) is 27.9 Å². The Balaban J connectivity index is 1.80. The van der Waals surface area contributed by atoms with E-state index in [-0.39, 0.29) is 12.4 Å². The van der Waals surface area contributed by atoms with Crippen molar-refractivity contribution >= 4 is 50.9 Å². The number of benzene rings is 2. The lowest BCUT2D eigenvalue weighted by atomic mass is 10.1. The van der Waals surface area contributed by atoms with E-state index in [9.17, 15) is 9.59 Å². The van der Waals surface area contributed by atoms with Crippen molar-refractivity contribution in [3.63, 3.8) is 0 Å². The fourth-order valence-electron chi connectivity index (χ4n) is 2.98. The third-order valence-electron chi connectivity index (χ3n) is 4.32. The van der Waals surface area contributed by atoms with Gasteiger partial charge in [-0.15, -0.1) is 0 Å². The van der Waals surface area contributed by atoms with E-state index in [1.54, 1.807) is 42.5 Å². The summed E-state index contributed by atoms with van der Waals surface area (Å²) in [6.07, 6.45) is 0. The zero-order valence-corrected chi connectivity index (χ0v) is 18.2. The van der Waals surface area contributed by atoms with Gasteiger partial charge in [0.2, 0.25) is 5.78 Å². The maximum Gasteiger partial charge on any atom is 0.339 e. The molecule has 0 atom stereocenters. The minimum atomic E-state index is -0.556. The number of ether oxygens (including phenoxy) is 1. The molecule has 3 aromatic rings. The summed E-state index contributed by atoms with van der Waals surface area (Å²) in [7, 11) is 0. The summed E-state index contributed by atoms with van der Waals surface area (Å²) in [5, 5.41) is 0.894. The Morgan fingerprint density at radius 1 is 1.00 bits per heavy atom. The number of aryl methyl sites for hydroxylation is 1. The Hall–Kier alpha value is -2.08. The van der Waals surface area contributed by atoms with Crippen LogP contribution in [0.15, 0.2) is 53.0 Å². The number of carbonyl (C=O) groups excluding carboxylic acids is 2.